The third kappa shape index (κ3) is 3.37. The second-order valence-electron chi connectivity index (χ2n) is 4.74. The highest BCUT2D eigenvalue weighted by Crippen LogP contribution is 2.32. The third-order valence-electron chi connectivity index (χ3n) is 3.13. The normalized spacial score (nSPS) is 12.4. The standard InChI is InChI=1S/C16H20N2S/c1-4-14-15(12(3)17)9-10-18-16(14)19-13-7-5-11(2)6-8-13/h5-10,12H,4,17H2,1-3H3. The van der Waals surface area contributed by atoms with Crippen molar-refractivity contribution < 1.29 is 0 Å². The van der Waals surface area contributed by atoms with Crippen molar-refractivity contribution in [1.29, 1.82) is 0 Å². The van der Waals surface area contributed by atoms with Crippen LogP contribution < -0.4 is 5.73 Å². The monoisotopic (exact) mass is 272 g/mol. The van der Waals surface area contributed by atoms with E-state index in [0.717, 1.165) is 11.4 Å². The molecule has 0 saturated carbocycles. The van der Waals surface area contributed by atoms with Crippen molar-refractivity contribution in [1.82, 2.24) is 4.98 Å². The zero-order valence-corrected chi connectivity index (χ0v) is 12.5. The Bertz CT molecular complexity index is 547. The summed E-state index contributed by atoms with van der Waals surface area (Å²) in [6.45, 7) is 6.28. The molecule has 2 aromatic rings. The van der Waals surface area contributed by atoms with Gasteiger partial charge in [0.15, 0.2) is 0 Å². The van der Waals surface area contributed by atoms with E-state index in [2.05, 4.69) is 43.1 Å². The van der Waals surface area contributed by atoms with Crippen molar-refractivity contribution in [2.24, 2.45) is 5.73 Å². The number of nitrogens with two attached hydrogens (primary N) is 1. The quantitative estimate of drug-likeness (QED) is 0.909. The molecule has 0 aliphatic carbocycles. The van der Waals surface area contributed by atoms with E-state index in [1.165, 1.54) is 21.6 Å². The minimum atomic E-state index is 0.0512. The predicted molar refractivity (Wildman–Crippen MR) is 81.5 cm³/mol. The van der Waals surface area contributed by atoms with Crippen LogP contribution in [0.15, 0.2) is 46.5 Å². The molecule has 2 rings (SSSR count). The van der Waals surface area contributed by atoms with Crippen LogP contribution in [-0.4, -0.2) is 4.98 Å². The topological polar surface area (TPSA) is 38.9 Å². The van der Waals surface area contributed by atoms with Crippen molar-refractivity contribution >= 4 is 11.8 Å². The van der Waals surface area contributed by atoms with Gasteiger partial charge in [0, 0.05) is 17.1 Å². The zero-order valence-electron chi connectivity index (χ0n) is 11.7. The molecule has 3 heteroatoms. The minimum Gasteiger partial charge on any atom is -0.324 e. The number of rotatable bonds is 4. The molecular formula is C16H20N2S. The number of aromatic nitrogens is 1. The lowest BCUT2D eigenvalue weighted by Crippen LogP contribution is -2.09. The fourth-order valence-electron chi connectivity index (χ4n) is 2.08. The van der Waals surface area contributed by atoms with Crippen molar-refractivity contribution in [3.63, 3.8) is 0 Å². The first-order valence-electron chi connectivity index (χ1n) is 6.59. The summed E-state index contributed by atoms with van der Waals surface area (Å²) in [7, 11) is 0. The summed E-state index contributed by atoms with van der Waals surface area (Å²) in [5, 5.41) is 1.07. The largest absolute Gasteiger partial charge is 0.324 e. The third-order valence-corrected chi connectivity index (χ3v) is 4.19. The molecule has 19 heavy (non-hydrogen) atoms. The number of hydrogen-bond donors (Lipinski definition) is 1. The minimum absolute atomic E-state index is 0.0512. The van der Waals surface area contributed by atoms with Crippen LogP contribution in [0, 0.1) is 6.92 Å². The molecule has 0 spiro atoms. The SMILES string of the molecule is CCc1c(C(C)N)ccnc1Sc1ccc(C)cc1. The summed E-state index contributed by atoms with van der Waals surface area (Å²) in [6, 6.07) is 10.6. The fourth-order valence-corrected chi connectivity index (χ4v) is 3.07. The molecule has 0 radical (unpaired) electrons. The molecule has 0 fully saturated rings. The molecule has 0 aliphatic heterocycles. The Morgan fingerprint density at radius 1 is 1.21 bits per heavy atom. The number of pyridine rings is 1. The van der Waals surface area contributed by atoms with Gasteiger partial charge in [-0.1, -0.05) is 36.4 Å². The van der Waals surface area contributed by atoms with Gasteiger partial charge in [0.2, 0.25) is 0 Å². The maximum atomic E-state index is 6.04. The van der Waals surface area contributed by atoms with Crippen molar-refractivity contribution in [3.05, 3.63) is 53.2 Å². The van der Waals surface area contributed by atoms with Crippen LogP contribution in [0.5, 0.6) is 0 Å². The predicted octanol–water partition coefficient (Wildman–Crippen LogP) is 4.12. The van der Waals surface area contributed by atoms with Gasteiger partial charge < -0.3 is 5.73 Å². The molecule has 1 unspecified atom stereocenters. The second-order valence-corrected chi connectivity index (χ2v) is 5.80. The Morgan fingerprint density at radius 2 is 1.89 bits per heavy atom. The van der Waals surface area contributed by atoms with Crippen molar-refractivity contribution in [2.45, 2.75) is 43.2 Å². The van der Waals surface area contributed by atoms with Crippen molar-refractivity contribution in [3.8, 4) is 0 Å². The van der Waals surface area contributed by atoms with Crippen LogP contribution in [0.2, 0.25) is 0 Å². The molecule has 1 aromatic carbocycles. The summed E-state index contributed by atoms with van der Waals surface area (Å²) in [6.07, 6.45) is 2.81. The Balaban J connectivity index is 2.34. The molecule has 1 atom stereocenters. The average Bonchev–Trinajstić information content (AvgIpc) is 2.41. The fraction of sp³-hybridized carbons (Fsp3) is 0.312. The van der Waals surface area contributed by atoms with E-state index in [1.54, 1.807) is 11.8 Å². The highest BCUT2D eigenvalue weighted by molar-refractivity contribution is 7.99. The van der Waals surface area contributed by atoms with Crippen LogP contribution in [0.25, 0.3) is 0 Å². The van der Waals surface area contributed by atoms with E-state index in [0.29, 0.717) is 0 Å². The number of hydrogen-bond acceptors (Lipinski definition) is 3. The highest BCUT2D eigenvalue weighted by Gasteiger charge is 2.12. The van der Waals surface area contributed by atoms with Gasteiger partial charge >= 0.3 is 0 Å². The molecule has 2 nitrogen and oxygen atoms in total. The molecule has 1 aromatic heterocycles. The maximum absolute atomic E-state index is 6.04. The van der Waals surface area contributed by atoms with E-state index < -0.39 is 0 Å². The lowest BCUT2D eigenvalue weighted by Gasteiger charge is -2.14. The van der Waals surface area contributed by atoms with Gasteiger partial charge in [0.05, 0.1) is 0 Å². The number of nitrogens with zero attached hydrogens (tertiary/aromatic N) is 1. The molecule has 100 valence electrons. The van der Waals surface area contributed by atoms with E-state index in [-0.39, 0.29) is 6.04 Å². The summed E-state index contributed by atoms with van der Waals surface area (Å²) < 4.78 is 0. The Labute approximate surface area is 119 Å². The van der Waals surface area contributed by atoms with Gasteiger partial charge in [-0.15, -0.1) is 0 Å². The first-order valence-corrected chi connectivity index (χ1v) is 7.41. The first-order chi connectivity index (χ1) is 9.11. The summed E-state index contributed by atoms with van der Waals surface area (Å²) >= 11 is 1.71. The molecule has 1 heterocycles. The van der Waals surface area contributed by atoms with E-state index in [1.807, 2.05) is 19.2 Å². The van der Waals surface area contributed by atoms with E-state index >= 15 is 0 Å². The Hall–Kier alpha value is -1.32. The molecular weight excluding hydrogens is 252 g/mol. The van der Waals surface area contributed by atoms with Crippen LogP contribution in [0.1, 0.15) is 36.6 Å². The van der Waals surface area contributed by atoms with Crippen molar-refractivity contribution in [2.75, 3.05) is 0 Å². The first kappa shape index (κ1) is 14.1. The second kappa shape index (κ2) is 6.22. The maximum Gasteiger partial charge on any atom is 0.104 e. The number of benzene rings is 1. The Morgan fingerprint density at radius 3 is 2.47 bits per heavy atom. The molecule has 0 saturated heterocycles. The smallest absolute Gasteiger partial charge is 0.104 e. The average molecular weight is 272 g/mol. The van der Waals surface area contributed by atoms with Gasteiger partial charge in [-0.2, -0.15) is 0 Å². The molecule has 2 N–H and O–H groups in total. The lowest BCUT2D eigenvalue weighted by molar-refractivity contribution is 0.782. The molecule has 0 bridgehead atoms. The molecule has 0 aliphatic rings. The van der Waals surface area contributed by atoms with Crippen LogP contribution in [-0.2, 0) is 6.42 Å². The van der Waals surface area contributed by atoms with Gasteiger partial charge in [-0.05, 0) is 49.6 Å². The summed E-state index contributed by atoms with van der Waals surface area (Å²) in [5.41, 5.74) is 9.78. The van der Waals surface area contributed by atoms with Gasteiger partial charge in [-0.3, -0.25) is 0 Å². The lowest BCUT2D eigenvalue weighted by atomic mass is 10.0. The van der Waals surface area contributed by atoms with Crippen LogP contribution >= 0.6 is 11.8 Å². The van der Waals surface area contributed by atoms with Gasteiger partial charge in [-0.25, -0.2) is 4.98 Å². The molecule has 0 amide bonds. The van der Waals surface area contributed by atoms with E-state index in [9.17, 15) is 0 Å². The van der Waals surface area contributed by atoms with Gasteiger partial charge in [0.25, 0.3) is 0 Å². The summed E-state index contributed by atoms with van der Waals surface area (Å²) in [4.78, 5) is 5.73. The van der Waals surface area contributed by atoms with E-state index in [4.69, 9.17) is 5.73 Å². The number of aryl methyl sites for hydroxylation is 1. The van der Waals surface area contributed by atoms with Gasteiger partial charge in [0.1, 0.15) is 5.03 Å². The summed E-state index contributed by atoms with van der Waals surface area (Å²) in [5.74, 6) is 0. The highest BCUT2D eigenvalue weighted by atomic mass is 32.2. The zero-order chi connectivity index (χ0) is 13.8. The van der Waals surface area contributed by atoms with Crippen LogP contribution in [0.4, 0.5) is 0 Å². The van der Waals surface area contributed by atoms with Crippen LogP contribution in [0.3, 0.4) is 0 Å². The Kier molecular flexibility index (Phi) is 4.61.